The molecule has 2 unspecified atom stereocenters. The molecule has 2 aliphatic rings. The summed E-state index contributed by atoms with van der Waals surface area (Å²) in [6, 6.07) is 0.366. The number of rotatable bonds is 3. The molecule has 2 rings (SSSR count). The topological polar surface area (TPSA) is 30.5 Å². The summed E-state index contributed by atoms with van der Waals surface area (Å²) in [6.07, 6.45) is 5.66. The van der Waals surface area contributed by atoms with Crippen LogP contribution in [0, 0.1) is 0 Å². The van der Waals surface area contributed by atoms with Crippen molar-refractivity contribution >= 4 is 0 Å². The number of hydrogen-bond donors (Lipinski definition) is 1. The maximum atomic E-state index is 5.66. The van der Waals surface area contributed by atoms with Crippen molar-refractivity contribution in [1.82, 2.24) is 5.32 Å². The van der Waals surface area contributed by atoms with Crippen LogP contribution in [0.15, 0.2) is 11.8 Å². The standard InChI is InChI=1S/C10H17NO2/c1-11-10(8-4-6-12-7-8)9-3-2-5-13-9/h7,9-11H,2-6H2,1H3. The molecular weight excluding hydrogens is 166 g/mol. The third-order valence-electron chi connectivity index (χ3n) is 2.79. The molecule has 0 bridgehead atoms. The van der Waals surface area contributed by atoms with E-state index in [-0.39, 0.29) is 0 Å². The van der Waals surface area contributed by atoms with Crippen LogP contribution in [-0.2, 0) is 9.47 Å². The summed E-state index contributed by atoms with van der Waals surface area (Å²) < 4.78 is 10.9. The van der Waals surface area contributed by atoms with Crippen LogP contribution >= 0.6 is 0 Å². The second kappa shape index (κ2) is 4.11. The zero-order chi connectivity index (χ0) is 9.10. The van der Waals surface area contributed by atoms with E-state index < -0.39 is 0 Å². The fourth-order valence-corrected chi connectivity index (χ4v) is 2.11. The van der Waals surface area contributed by atoms with Crippen LogP contribution in [0.1, 0.15) is 19.3 Å². The maximum Gasteiger partial charge on any atom is 0.0912 e. The molecule has 3 nitrogen and oxygen atoms in total. The van der Waals surface area contributed by atoms with Crippen LogP contribution in [0.25, 0.3) is 0 Å². The molecule has 74 valence electrons. The summed E-state index contributed by atoms with van der Waals surface area (Å²) in [5.74, 6) is 0. The van der Waals surface area contributed by atoms with Crippen molar-refractivity contribution in [3.05, 3.63) is 11.8 Å². The summed E-state index contributed by atoms with van der Waals surface area (Å²) in [5.41, 5.74) is 1.36. The van der Waals surface area contributed by atoms with Gasteiger partial charge in [-0.2, -0.15) is 0 Å². The number of hydrogen-bond acceptors (Lipinski definition) is 3. The van der Waals surface area contributed by atoms with Gasteiger partial charge in [0.15, 0.2) is 0 Å². The van der Waals surface area contributed by atoms with Crippen LogP contribution in [0.3, 0.4) is 0 Å². The molecule has 0 aromatic rings. The lowest BCUT2D eigenvalue weighted by atomic mass is 9.99. The summed E-state index contributed by atoms with van der Waals surface area (Å²) in [4.78, 5) is 0. The lowest BCUT2D eigenvalue weighted by molar-refractivity contribution is 0.0901. The van der Waals surface area contributed by atoms with Gasteiger partial charge in [-0.05, 0) is 25.5 Å². The number of ether oxygens (including phenoxy) is 2. The van der Waals surface area contributed by atoms with E-state index in [1.807, 2.05) is 13.3 Å². The smallest absolute Gasteiger partial charge is 0.0912 e. The first-order valence-electron chi connectivity index (χ1n) is 5.01. The van der Waals surface area contributed by atoms with Crippen LogP contribution in [0.4, 0.5) is 0 Å². The van der Waals surface area contributed by atoms with Gasteiger partial charge >= 0.3 is 0 Å². The predicted molar refractivity (Wildman–Crippen MR) is 50.5 cm³/mol. The highest BCUT2D eigenvalue weighted by Gasteiger charge is 2.28. The van der Waals surface area contributed by atoms with Gasteiger partial charge in [0.25, 0.3) is 0 Å². The lowest BCUT2D eigenvalue weighted by Crippen LogP contribution is -2.38. The number of likely N-dealkylation sites (N-methyl/N-ethyl adjacent to an activating group) is 1. The zero-order valence-corrected chi connectivity index (χ0v) is 8.08. The fourth-order valence-electron chi connectivity index (χ4n) is 2.11. The van der Waals surface area contributed by atoms with Gasteiger partial charge in [0.05, 0.1) is 25.0 Å². The normalized spacial score (nSPS) is 29.9. The summed E-state index contributed by atoms with van der Waals surface area (Å²) in [7, 11) is 1.99. The molecule has 1 saturated heterocycles. The highest BCUT2D eigenvalue weighted by atomic mass is 16.5. The van der Waals surface area contributed by atoms with Crippen molar-refractivity contribution in [2.45, 2.75) is 31.4 Å². The van der Waals surface area contributed by atoms with E-state index in [1.54, 1.807) is 0 Å². The quantitative estimate of drug-likeness (QED) is 0.709. The molecule has 0 radical (unpaired) electrons. The van der Waals surface area contributed by atoms with Crippen LogP contribution in [-0.4, -0.2) is 32.4 Å². The van der Waals surface area contributed by atoms with E-state index >= 15 is 0 Å². The van der Waals surface area contributed by atoms with Gasteiger partial charge in [-0.3, -0.25) is 0 Å². The molecule has 1 fully saturated rings. The Balaban J connectivity index is 1.98. The first kappa shape index (κ1) is 9.03. The minimum atomic E-state index is 0.359. The molecule has 0 aromatic heterocycles. The summed E-state index contributed by atoms with van der Waals surface area (Å²) in [6.45, 7) is 1.75. The third kappa shape index (κ3) is 1.86. The van der Waals surface area contributed by atoms with Crippen molar-refractivity contribution in [2.75, 3.05) is 20.3 Å². The Morgan fingerprint density at radius 1 is 1.54 bits per heavy atom. The highest BCUT2D eigenvalue weighted by molar-refractivity contribution is 5.14. The van der Waals surface area contributed by atoms with E-state index in [2.05, 4.69) is 5.32 Å². The molecule has 1 N–H and O–H groups in total. The number of nitrogens with one attached hydrogen (secondary N) is 1. The predicted octanol–water partition coefficient (Wildman–Crippen LogP) is 1.06. The molecule has 2 heterocycles. The molecule has 0 aromatic carbocycles. The van der Waals surface area contributed by atoms with Gasteiger partial charge in [0.2, 0.25) is 0 Å². The fraction of sp³-hybridized carbons (Fsp3) is 0.800. The maximum absolute atomic E-state index is 5.66. The third-order valence-corrected chi connectivity index (χ3v) is 2.79. The molecule has 2 aliphatic heterocycles. The Labute approximate surface area is 79.1 Å². The van der Waals surface area contributed by atoms with Crippen molar-refractivity contribution in [3.63, 3.8) is 0 Å². The summed E-state index contributed by atoms with van der Waals surface area (Å²) in [5, 5.41) is 3.31. The molecule has 0 amide bonds. The van der Waals surface area contributed by atoms with E-state index in [1.165, 1.54) is 18.4 Å². The van der Waals surface area contributed by atoms with Crippen molar-refractivity contribution in [1.29, 1.82) is 0 Å². The van der Waals surface area contributed by atoms with Gasteiger partial charge < -0.3 is 14.8 Å². The molecule has 13 heavy (non-hydrogen) atoms. The first-order chi connectivity index (χ1) is 6.42. The van der Waals surface area contributed by atoms with E-state index in [9.17, 15) is 0 Å². The van der Waals surface area contributed by atoms with Gasteiger partial charge in [0, 0.05) is 13.0 Å². The molecule has 0 saturated carbocycles. The molecule has 3 heteroatoms. The van der Waals surface area contributed by atoms with Crippen LogP contribution in [0.5, 0.6) is 0 Å². The average Bonchev–Trinajstić information content (AvgIpc) is 2.76. The monoisotopic (exact) mass is 183 g/mol. The van der Waals surface area contributed by atoms with E-state index in [4.69, 9.17) is 9.47 Å². The Morgan fingerprint density at radius 2 is 2.46 bits per heavy atom. The van der Waals surface area contributed by atoms with Crippen molar-refractivity contribution in [3.8, 4) is 0 Å². The van der Waals surface area contributed by atoms with Gasteiger partial charge in [0.1, 0.15) is 0 Å². The largest absolute Gasteiger partial charge is 0.501 e. The van der Waals surface area contributed by atoms with Gasteiger partial charge in [-0.1, -0.05) is 0 Å². The second-order valence-electron chi connectivity index (χ2n) is 3.63. The second-order valence-corrected chi connectivity index (χ2v) is 3.63. The van der Waals surface area contributed by atoms with Gasteiger partial charge in [-0.15, -0.1) is 0 Å². The van der Waals surface area contributed by atoms with E-state index in [0.717, 1.165) is 19.6 Å². The Hall–Kier alpha value is -0.540. The van der Waals surface area contributed by atoms with Crippen molar-refractivity contribution in [2.24, 2.45) is 0 Å². The SMILES string of the molecule is CNC(C1=COCC1)C1CCCO1. The Kier molecular flexibility index (Phi) is 2.86. The van der Waals surface area contributed by atoms with Crippen molar-refractivity contribution < 1.29 is 9.47 Å². The molecule has 2 atom stereocenters. The summed E-state index contributed by atoms with van der Waals surface area (Å²) >= 11 is 0. The minimum Gasteiger partial charge on any atom is -0.501 e. The van der Waals surface area contributed by atoms with Crippen LogP contribution in [0.2, 0.25) is 0 Å². The minimum absolute atomic E-state index is 0.359. The highest BCUT2D eigenvalue weighted by Crippen LogP contribution is 2.24. The zero-order valence-electron chi connectivity index (χ0n) is 8.08. The Bertz CT molecular complexity index is 197. The first-order valence-corrected chi connectivity index (χ1v) is 5.01. The molecular formula is C10H17NO2. The van der Waals surface area contributed by atoms with E-state index in [0.29, 0.717) is 12.1 Å². The molecule has 0 spiro atoms. The Morgan fingerprint density at radius 3 is 3.00 bits per heavy atom. The van der Waals surface area contributed by atoms with Crippen LogP contribution < -0.4 is 5.32 Å². The van der Waals surface area contributed by atoms with Gasteiger partial charge in [-0.25, -0.2) is 0 Å². The molecule has 0 aliphatic carbocycles. The lowest BCUT2D eigenvalue weighted by Gasteiger charge is -2.22. The average molecular weight is 183 g/mol.